The topological polar surface area (TPSA) is 90.4 Å². The van der Waals surface area contributed by atoms with Crippen LogP contribution < -0.4 is 21.7 Å². The predicted molar refractivity (Wildman–Crippen MR) is 74.0 cm³/mol. The quantitative estimate of drug-likeness (QED) is 0.347. The van der Waals surface area contributed by atoms with Crippen molar-refractivity contribution in [3.8, 4) is 11.5 Å². The van der Waals surface area contributed by atoms with Gasteiger partial charge in [-0.2, -0.15) is 0 Å². The summed E-state index contributed by atoms with van der Waals surface area (Å²) in [5.74, 6) is 5.72. The molecule has 0 bridgehead atoms. The van der Waals surface area contributed by atoms with Crippen LogP contribution in [-0.2, 0) is 0 Å². The van der Waals surface area contributed by atoms with E-state index in [9.17, 15) is 4.79 Å². The zero-order valence-corrected chi connectivity index (χ0v) is 10.6. The van der Waals surface area contributed by atoms with E-state index >= 15 is 0 Å². The second-order valence-electron chi connectivity index (χ2n) is 3.79. The molecule has 1 amide bonds. The number of benzene rings is 2. The molecule has 0 aliphatic rings. The molecule has 0 aromatic heterocycles. The fourth-order valence-electron chi connectivity index (χ4n) is 1.48. The molecule has 5 nitrogen and oxygen atoms in total. The standard InChI is InChI=1S/C13H12ClN3O2/c14-11-7-9(15)3-6-12(11)19-10-4-1-8(2-5-10)13(18)17-16/h1-7H,15-16H2,(H,17,18). The Morgan fingerprint density at radius 2 is 1.84 bits per heavy atom. The number of amides is 1. The van der Waals surface area contributed by atoms with Crippen LogP contribution >= 0.6 is 11.6 Å². The molecule has 0 fully saturated rings. The molecule has 0 unspecified atom stereocenters. The van der Waals surface area contributed by atoms with E-state index in [1.54, 1.807) is 42.5 Å². The molecule has 2 aromatic rings. The van der Waals surface area contributed by atoms with Crippen molar-refractivity contribution in [3.05, 3.63) is 53.1 Å². The van der Waals surface area contributed by atoms with Gasteiger partial charge in [-0.3, -0.25) is 10.2 Å². The lowest BCUT2D eigenvalue weighted by molar-refractivity contribution is 0.0953. The molecular formula is C13H12ClN3O2. The molecule has 0 saturated heterocycles. The highest BCUT2D eigenvalue weighted by atomic mass is 35.5. The minimum absolute atomic E-state index is 0.364. The van der Waals surface area contributed by atoms with E-state index in [4.69, 9.17) is 27.9 Å². The third kappa shape index (κ3) is 3.15. The number of halogens is 1. The Hall–Kier alpha value is -2.24. The number of anilines is 1. The Balaban J connectivity index is 2.17. The summed E-state index contributed by atoms with van der Waals surface area (Å²) in [5, 5.41) is 0.420. The van der Waals surface area contributed by atoms with Gasteiger partial charge in [-0.1, -0.05) is 11.6 Å². The number of ether oxygens (including phenoxy) is 1. The average Bonchev–Trinajstić information content (AvgIpc) is 2.42. The smallest absolute Gasteiger partial charge is 0.265 e. The van der Waals surface area contributed by atoms with Crippen molar-refractivity contribution in [2.75, 3.05) is 5.73 Å². The van der Waals surface area contributed by atoms with Crippen LogP contribution in [0.3, 0.4) is 0 Å². The van der Waals surface area contributed by atoms with Gasteiger partial charge in [0.2, 0.25) is 0 Å². The van der Waals surface area contributed by atoms with Gasteiger partial charge in [-0.05, 0) is 42.5 Å². The number of hydrogen-bond acceptors (Lipinski definition) is 4. The number of nitrogens with two attached hydrogens (primary N) is 2. The molecule has 0 heterocycles. The van der Waals surface area contributed by atoms with E-state index in [2.05, 4.69) is 5.43 Å². The molecule has 0 aliphatic carbocycles. The third-order valence-electron chi connectivity index (χ3n) is 2.43. The van der Waals surface area contributed by atoms with Gasteiger partial charge in [0.05, 0.1) is 5.02 Å². The molecule has 0 saturated carbocycles. The van der Waals surface area contributed by atoms with Gasteiger partial charge in [0.1, 0.15) is 11.5 Å². The second kappa shape index (κ2) is 5.60. The number of carbonyl (C=O) groups is 1. The first-order chi connectivity index (χ1) is 9.10. The van der Waals surface area contributed by atoms with Crippen LogP contribution in [0.25, 0.3) is 0 Å². The van der Waals surface area contributed by atoms with Gasteiger partial charge >= 0.3 is 0 Å². The molecule has 0 spiro atoms. The first-order valence-electron chi connectivity index (χ1n) is 5.44. The maximum atomic E-state index is 11.3. The third-order valence-corrected chi connectivity index (χ3v) is 2.73. The van der Waals surface area contributed by atoms with Crippen molar-refractivity contribution in [3.63, 3.8) is 0 Å². The Labute approximate surface area is 115 Å². The first kappa shape index (κ1) is 13.2. The predicted octanol–water partition coefficient (Wildman–Crippen LogP) is 2.32. The summed E-state index contributed by atoms with van der Waals surface area (Å²) >= 11 is 6.00. The molecule has 0 radical (unpaired) electrons. The lowest BCUT2D eigenvalue weighted by Gasteiger charge is -2.08. The van der Waals surface area contributed by atoms with Gasteiger partial charge in [-0.15, -0.1) is 0 Å². The van der Waals surface area contributed by atoms with Gasteiger partial charge in [0.15, 0.2) is 0 Å². The molecule has 0 atom stereocenters. The molecule has 2 aromatic carbocycles. The lowest BCUT2D eigenvalue weighted by atomic mass is 10.2. The molecule has 2 rings (SSSR count). The average molecular weight is 278 g/mol. The van der Waals surface area contributed by atoms with Gasteiger partial charge in [0, 0.05) is 11.3 Å². The Morgan fingerprint density at radius 1 is 1.16 bits per heavy atom. The van der Waals surface area contributed by atoms with Crippen molar-refractivity contribution in [1.82, 2.24) is 5.43 Å². The minimum Gasteiger partial charge on any atom is -0.456 e. The van der Waals surface area contributed by atoms with E-state index in [-0.39, 0.29) is 5.91 Å². The summed E-state index contributed by atoms with van der Waals surface area (Å²) in [6, 6.07) is 11.5. The summed E-state index contributed by atoms with van der Waals surface area (Å²) in [4.78, 5) is 11.3. The summed E-state index contributed by atoms with van der Waals surface area (Å²) in [6.45, 7) is 0. The maximum Gasteiger partial charge on any atom is 0.265 e. The Bertz CT molecular complexity index is 599. The first-order valence-corrected chi connectivity index (χ1v) is 5.82. The number of hydrogen-bond donors (Lipinski definition) is 3. The molecule has 6 heteroatoms. The fraction of sp³-hybridized carbons (Fsp3) is 0. The number of nitrogens with one attached hydrogen (secondary N) is 1. The van der Waals surface area contributed by atoms with E-state index in [0.29, 0.717) is 27.8 Å². The van der Waals surface area contributed by atoms with Gasteiger partial charge in [-0.25, -0.2) is 5.84 Å². The van der Waals surface area contributed by atoms with E-state index in [1.165, 1.54) is 0 Å². The molecular weight excluding hydrogens is 266 g/mol. The molecule has 0 aliphatic heterocycles. The second-order valence-corrected chi connectivity index (χ2v) is 4.20. The van der Waals surface area contributed by atoms with Gasteiger partial charge < -0.3 is 10.5 Å². The lowest BCUT2D eigenvalue weighted by Crippen LogP contribution is -2.29. The highest BCUT2D eigenvalue weighted by molar-refractivity contribution is 6.32. The number of nitrogen functional groups attached to an aromatic ring is 2. The van der Waals surface area contributed by atoms with Crippen LogP contribution in [0, 0.1) is 0 Å². The summed E-state index contributed by atoms with van der Waals surface area (Å²) < 4.78 is 5.58. The summed E-state index contributed by atoms with van der Waals surface area (Å²) in [5.41, 5.74) is 8.65. The van der Waals surface area contributed by atoms with Crippen LogP contribution in [0.1, 0.15) is 10.4 Å². The monoisotopic (exact) mass is 277 g/mol. The Kier molecular flexibility index (Phi) is 3.89. The highest BCUT2D eigenvalue weighted by Crippen LogP contribution is 2.30. The Morgan fingerprint density at radius 3 is 2.42 bits per heavy atom. The normalized spacial score (nSPS) is 10.0. The maximum absolute atomic E-state index is 11.3. The highest BCUT2D eigenvalue weighted by Gasteiger charge is 2.06. The number of hydrazine groups is 1. The van der Waals surface area contributed by atoms with Crippen molar-refractivity contribution in [1.29, 1.82) is 0 Å². The zero-order valence-electron chi connectivity index (χ0n) is 9.89. The van der Waals surface area contributed by atoms with Crippen LogP contribution in [-0.4, -0.2) is 5.91 Å². The molecule has 98 valence electrons. The van der Waals surface area contributed by atoms with Crippen molar-refractivity contribution < 1.29 is 9.53 Å². The number of carbonyl (C=O) groups excluding carboxylic acids is 1. The van der Waals surface area contributed by atoms with Crippen LogP contribution in [0.4, 0.5) is 5.69 Å². The summed E-state index contributed by atoms with van der Waals surface area (Å²) in [7, 11) is 0. The van der Waals surface area contributed by atoms with Crippen molar-refractivity contribution in [2.24, 2.45) is 5.84 Å². The van der Waals surface area contributed by atoms with E-state index in [1.807, 2.05) is 0 Å². The van der Waals surface area contributed by atoms with E-state index in [0.717, 1.165) is 0 Å². The summed E-state index contributed by atoms with van der Waals surface area (Å²) in [6.07, 6.45) is 0. The van der Waals surface area contributed by atoms with Crippen LogP contribution in [0.5, 0.6) is 11.5 Å². The SMILES string of the molecule is NNC(=O)c1ccc(Oc2ccc(N)cc2Cl)cc1. The van der Waals surface area contributed by atoms with Crippen molar-refractivity contribution >= 4 is 23.2 Å². The van der Waals surface area contributed by atoms with Crippen LogP contribution in [0.15, 0.2) is 42.5 Å². The van der Waals surface area contributed by atoms with Gasteiger partial charge in [0.25, 0.3) is 5.91 Å². The molecule has 5 N–H and O–H groups in total. The van der Waals surface area contributed by atoms with Crippen molar-refractivity contribution in [2.45, 2.75) is 0 Å². The fourth-order valence-corrected chi connectivity index (χ4v) is 1.71. The number of rotatable bonds is 3. The minimum atomic E-state index is -0.364. The van der Waals surface area contributed by atoms with Crippen LogP contribution in [0.2, 0.25) is 5.02 Å². The zero-order chi connectivity index (χ0) is 13.8. The van der Waals surface area contributed by atoms with E-state index < -0.39 is 0 Å². The largest absolute Gasteiger partial charge is 0.456 e. The molecule has 19 heavy (non-hydrogen) atoms.